The predicted octanol–water partition coefficient (Wildman–Crippen LogP) is 2.87. The smallest absolute Gasteiger partial charge is 0.243 e. The van der Waals surface area contributed by atoms with Gasteiger partial charge in [0.1, 0.15) is 6.04 Å². The van der Waals surface area contributed by atoms with Crippen LogP contribution in [0.1, 0.15) is 37.0 Å². The molecule has 8 heteroatoms. The molecular weight excluding hydrogens is 426 g/mol. The van der Waals surface area contributed by atoms with Gasteiger partial charge in [0, 0.05) is 20.1 Å². The number of nitrogens with one attached hydrogen (secondary N) is 1. The van der Waals surface area contributed by atoms with Gasteiger partial charge in [-0.2, -0.15) is 4.31 Å². The maximum absolute atomic E-state index is 13.4. The molecule has 174 valence electrons. The Morgan fingerprint density at radius 2 is 1.62 bits per heavy atom. The van der Waals surface area contributed by atoms with Crippen LogP contribution in [0.15, 0.2) is 53.4 Å². The van der Waals surface area contributed by atoms with Crippen molar-refractivity contribution in [2.24, 2.45) is 0 Å². The summed E-state index contributed by atoms with van der Waals surface area (Å²) >= 11 is 0. The molecule has 0 bridgehead atoms. The lowest BCUT2D eigenvalue weighted by molar-refractivity contribution is -0.141. The Hall–Kier alpha value is -2.71. The molecule has 2 aromatic carbocycles. The van der Waals surface area contributed by atoms with Crippen LogP contribution >= 0.6 is 0 Å². The molecule has 0 aliphatic carbocycles. The van der Waals surface area contributed by atoms with E-state index in [0.717, 1.165) is 21.0 Å². The van der Waals surface area contributed by atoms with Gasteiger partial charge in [-0.1, -0.05) is 48.9 Å². The average Bonchev–Trinajstić information content (AvgIpc) is 2.75. The van der Waals surface area contributed by atoms with E-state index >= 15 is 0 Å². The Labute approximate surface area is 191 Å². The minimum atomic E-state index is -3.84. The molecule has 32 heavy (non-hydrogen) atoms. The molecular formula is C24H33N3O4S. The summed E-state index contributed by atoms with van der Waals surface area (Å²) in [5.41, 5.74) is 2.85. The minimum absolute atomic E-state index is 0.125. The lowest BCUT2D eigenvalue weighted by atomic mass is 10.1. The number of aryl methyl sites for hydroxylation is 2. The van der Waals surface area contributed by atoms with Crippen LogP contribution in [0.3, 0.4) is 0 Å². The molecule has 0 saturated carbocycles. The lowest BCUT2D eigenvalue weighted by Crippen LogP contribution is -2.51. The first-order valence-electron chi connectivity index (χ1n) is 10.8. The second-order valence-corrected chi connectivity index (χ2v) is 9.89. The Balaban J connectivity index is 2.33. The van der Waals surface area contributed by atoms with E-state index in [2.05, 4.69) is 5.32 Å². The number of rotatable bonds is 10. The molecule has 1 atom stereocenters. The van der Waals surface area contributed by atoms with Crippen molar-refractivity contribution in [3.8, 4) is 0 Å². The van der Waals surface area contributed by atoms with Gasteiger partial charge in [0.15, 0.2) is 0 Å². The fraction of sp³-hybridized carbons (Fsp3) is 0.417. The van der Waals surface area contributed by atoms with E-state index in [1.807, 2.05) is 52.0 Å². The van der Waals surface area contributed by atoms with Gasteiger partial charge in [-0.15, -0.1) is 0 Å². The molecule has 0 saturated heterocycles. The van der Waals surface area contributed by atoms with Gasteiger partial charge in [0.25, 0.3) is 0 Å². The molecule has 0 aliphatic heterocycles. The van der Waals surface area contributed by atoms with Crippen LogP contribution in [0.5, 0.6) is 0 Å². The number of hydrogen-bond acceptors (Lipinski definition) is 4. The van der Waals surface area contributed by atoms with E-state index in [1.54, 1.807) is 12.1 Å². The third kappa shape index (κ3) is 6.17. The van der Waals surface area contributed by atoms with Crippen molar-refractivity contribution in [2.75, 3.05) is 20.1 Å². The first kappa shape index (κ1) is 25.5. The molecule has 1 N–H and O–H groups in total. The topological polar surface area (TPSA) is 86.8 Å². The van der Waals surface area contributed by atoms with Crippen LogP contribution in [0.2, 0.25) is 0 Å². The third-order valence-corrected chi connectivity index (χ3v) is 7.24. The van der Waals surface area contributed by atoms with Crippen LogP contribution in [-0.2, 0) is 26.2 Å². The van der Waals surface area contributed by atoms with Crippen molar-refractivity contribution in [1.82, 2.24) is 14.5 Å². The molecule has 7 nitrogen and oxygen atoms in total. The van der Waals surface area contributed by atoms with E-state index in [0.29, 0.717) is 13.0 Å². The molecule has 0 fully saturated rings. The maximum Gasteiger partial charge on any atom is 0.243 e. The second-order valence-electron chi connectivity index (χ2n) is 7.84. The summed E-state index contributed by atoms with van der Waals surface area (Å²) in [4.78, 5) is 27.7. The van der Waals surface area contributed by atoms with Gasteiger partial charge in [0.2, 0.25) is 21.8 Å². The van der Waals surface area contributed by atoms with Crippen molar-refractivity contribution in [2.45, 2.75) is 51.6 Å². The molecule has 0 radical (unpaired) electrons. The first-order valence-corrected chi connectivity index (χ1v) is 12.2. The number of sulfonamides is 1. The summed E-state index contributed by atoms with van der Waals surface area (Å²) in [6, 6.07) is 13.4. The number of benzene rings is 2. The van der Waals surface area contributed by atoms with E-state index in [4.69, 9.17) is 0 Å². The average molecular weight is 460 g/mol. The summed E-state index contributed by atoms with van der Waals surface area (Å²) in [5.74, 6) is -0.675. The lowest BCUT2D eigenvalue weighted by Gasteiger charge is -2.32. The second kappa shape index (κ2) is 11.2. The van der Waals surface area contributed by atoms with Gasteiger partial charge in [-0.25, -0.2) is 8.42 Å². The zero-order valence-electron chi connectivity index (χ0n) is 19.5. The van der Waals surface area contributed by atoms with Crippen molar-refractivity contribution < 1.29 is 18.0 Å². The van der Waals surface area contributed by atoms with Gasteiger partial charge in [-0.05, 0) is 50.5 Å². The van der Waals surface area contributed by atoms with Crippen molar-refractivity contribution >= 4 is 21.8 Å². The highest BCUT2D eigenvalue weighted by atomic mass is 32.2. The highest BCUT2D eigenvalue weighted by Gasteiger charge is 2.31. The number of carbonyl (C=O) groups excluding carboxylic acids is 2. The molecule has 0 aliphatic rings. The number of amides is 2. The Morgan fingerprint density at radius 3 is 2.19 bits per heavy atom. The van der Waals surface area contributed by atoms with Crippen molar-refractivity contribution in [3.05, 3.63) is 65.2 Å². The van der Waals surface area contributed by atoms with E-state index < -0.39 is 22.0 Å². The summed E-state index contributed by atoms with van der Waals surface area (Å²) < 4.78 is 27.0. The van der Waals surface area contributed by atoms with Crippen LogP contribution in [0.25, 0.3) is 0 Å². The van der Waals surface area contributed by atoms with Gasteiger partial charge >= 0.3 is 0 Å². The van der Waals surface area contributed by atoms with Crippen molar-refractivity contribution in [1.29, 1.82) is 0 Å². The molecule has 2 amide bonds. The van der Waals surface area contributed by atoms with Crippen LogP contribution in [0.4, 0.5) is 0 Å². The molecule has 0 heterocycles. The largest absolute Gasteiger partial charge is 0.355 e. The van der Waals surface area contributed by atoms with Gasteiger partial charge in [-0.3, -0.25) is 9.59 Å². The Bertz CT molecular complexity index is 1040. The molecule has 2 aromatic rings. The summed E-state index contributed by atoms with van der Waals surface area (Å²) in [6.07, 6.45) is 0.415. The monoisotopic (exact) mass is 459 g/mol. The third-order valence-electron chi connectivity index (χ3n) is 5.43. The number of nitrogens with zero attached hydrogens (tertiary/aromatic N) is 2. The SMILES string of the molecule is CCNC(=O)C(CC)N(Cc1ccccc1C)C(=O)CN(C)S(=O)(=O)c1ccc(C)cc1. The zero-order valence-corrected chi connectivity index (χ0v) is 20.3. The van der Waals surface area contributed by atoms with Gasteiger partial charge < -0.3 is 10.2 Å². The zero-order chi connectivity index (χ0) is 23.9. The highest BCUT2D eigenvalue weighted by Crippen LogP contribution is 2.18. The first-order chi connectivity index (χ1) is 15.1. The van der Waals surface area contributed by atoms with Crippen LogP contribution in [-0.4, -0.2) is 55.6 Å². The van der Waals surface area contributed by atoms with Crippen LogP contribution in [0, 0.1) is 13.8 Å². The summed E-state index contributed by atoms with van der Waals surface area (Å²) in [5, 5.41) is 2.78. The molecule has 1 unspecified atom stereocenters. The normalized spacial score (nSPS) is 12.4. The van der Waals surface area contributed by atoms with E-state index in [9.17, 15) is 18.0 Å². The summed E-state index contributed by atoms with van der Waals surface area (Å²) in [7, 11) is -2.46. The fourth-order valence-corrected chi connectivity index (χ4v) is 4.56. The molecule has 0 aromatic heterocycles. The standard InChI is InChI=1S/C24H33N3O4S/c1-6-22(24(29)25-7-2)27(16-20-11-9-8-10-19(20)4)23(28)17-26(5)32(30,31)21-14-12-18(3)13-15-21/h8-15,22H,6-7,16-17H2,1-5H3,(H,25,29). The number of likely N-dealkylation sites (N-methyl/N-ethyl adjacent to an activating group) is 2. The molecule has 0 spiro atoms. The molecule has 2 rings (SSSR count). The predicted molar refractivity (Wildman–Crippen MR) is 125 cm³/mol. The Kier molecular flexibility index (Phi) is 8.98. The Morgan fingerprint density at radius 1 is 1.00 bits per heavy atom. The summed E-state index contributed by atoms with van der Waals surface area (Å²) in [6.45, 7) is 7.78. The minimum Gasteiger partial charge on any atom is -0.355 e. The van der Waals surface area contributed by atoms with Gasteiger partial charge in [0.05, 0.1) is 11.4 Å². The van der Waals surface area contributed by atoms with E-state index in [-0.39, 0.29) is 23.9 Å². The maximum atomic E-state index is 13.4. The van der Waals surface area contributed by atoms with Crippen LogP contribution < -0.4 is 5.32 Å². The highest BCUT2D eigenvalue weighted by molar-refractivity contribution is 7.89. The fourth-order valence-electron chi connectivity index (χ4n) is 3.44. The van der Waals surface area contributed by atoms with Crippen molar-refractivity contribution in [3.63, 3.8) is 0 Å². The number of hydrogen-bond donors (Lipinski definition) is 1. The van der Waals surface area contributed by atoms with E-state index in [1.165, 1.54) is 24.1 Å². The number of carbonyl (C=O) groups is 2. The quantitative estimate of drug-likeness (QED) is 0.592.